The molecule has 0 bridgehead atoms. The van der Waals surface area contributed by atoms with Crippen LogP contribution in [-0.2, 0) is 37.2 Å². The van der Waals surface area contributed by atoms with E-state index < -0.39 is 25.3 Å². The van der Waals surface area contributed by atoms with Gasteiger partial charge in [0.2, 0.25) is 0 Å². The summed E-state index contributed by atoms with van der Waals surface area (Å²) in [6.45, 7) is 1.87. The molecule has 0 heterocycles. The fourth-order valence-corrected chi connectivity index (χ4v) is 27.5. The van der Waals surface area contributed by atoms with E-state index in [-0.39, 0.29) is 0 Å². The van der Waals surface area contributed by atoms with E-state index in [0.29, 0.717) is 13.2 Å². The molecule has 0 saturated carbocycles. The maximum absolute atomic E-state index is 15.2. The van der Waals surface area contributed by atoms with Crippen molar-refractivity contribution in [3.63, 3.8) is 0 Å². The molecule has 0 aromatic heterocycles. The predicted molar refractivity (Wildman–Crippen MR) is 230 cm³/mol. The first-order chi connectivity index (χ1) is 24.3. The van der Waals surface area contributed by atoms with Crippen molar-refractivity contribution in [3.05, 3.63) is 182 Å². The molecule has 0 aliphatic carbocycles. The van der Waals surface area contributed by atoms with Gasteiger partial charge < -0.3 is 13.6 Å². The average molecular weight is 771 g/mol. The molecule has 256 valence electrons. The second-order valence-electron chi connectivity index (χ2n) is 11.2. The van der Waals surface area contributed by atoms with Gasteiger partial charge in [-0.05, 0) is 41.4 Å². The summed E-state index contributed by atoms with van der Waals surface area (Å²) in [6, 6.07) is 59.9. The predicted octanol–water partition coefficient (Wildman–Crippen LogP) is 9.43. The zero-order chi connectivity index (χ0) is 35.5. The summed E-state index contributed by atoms with van der Waals surface area (Å²) in [6.07, 6.45) is 4.39. The van der Waals surface area contributed by atoms with Crippen molar-refractivity contribution < 1.29 is 13.6 Å². The second-order valence-corrected chi connectivity index (χ2v) is 31.6. The minimum atomic E-state index is -3.16. The van der Waals surface area contributed by atoms with Gasteiger partial charge in [-0.25, -0.2) is 0 Å². The van der Waals surface area contributed by atoms with Gasteiger partial charge in [-0.3, -0.25) is 0 Å². The van der Waals surface area contributed by atoms with Crippen molar-refractivity contribution >= 4 is 87.1 Å². The van der Waals surface area contributed by atoms with Crippen molar-refractivity contribution in [2.75, 3.05) is 13.2 Å². The standard InChI is InChI=1S/C24H20OP2S.C17H22O2P2S/c25-26(21-13-5-1-6-14-21,22-15-7-2-8-16-22)27(28,23-17-9-3-10-18-23)24-19-11-4-12-20-24;1-4-18-20(3,19-5-2)21(22,16-12-8-6-9-13-16)17-14-10-7-11-15-17/h1-20H;6-15H,3-5H2,1-2H3. The lowest BCUT2D eigenvalue weighted by molar-refractivity contribution is 0.278. The zero-order valence-electron chi connectivity index (χ0n) is 28.3. The van der Waals surface area contributed by atoms with Gasteiger partial charge in [0.25, 0.3) is 0 Å². The Labute approximate surface area is 308 Å². The topological polar surface area (TPSA) is 35.5 Å². The highest BCUT2D eigenvalue weighted by Crippen LogP contribution is 2.81. The Morgan fingerprint density at radius 2 is 0.640 bits per heavy atom. The number of hydrogen-bond acceptors (Lipinski definition) is 5. The summed E-state index contributed by atoms with van der Waals surface area (Å²) >= 11 is 12.7. The van der Waals surface area contributed by atoms with Crippen LogP contribution in [-0.4, -0.2) is 19.5 Å². The second kappa shape index (κ2) is 17.5. The Morgan fingerprint density at radius 3 is 0.880 bits per heavy atom. The van der Waals surface area contributed by atoms with Gasteiger partial charge in [-0.2, -0.15) is 0 Å². The molecule has 6 aromatic rings. The summed E-state index contributed by atoms with van der Waals surface area (Å²) in [5.74, 6) is 0. The van der Waals surface area contributed by atoms with Crippen molar-refractivity contribution in [2.24, 2.45) is 0 Å². The smallest absolute Gasteiger partial charge is 0.180 e. The van der Waals surface area contributed by atoms with Crippen molar-refractivity contribution in [3.8, 4) is 0 Å². The Hall–Kier alpha value is -2.93. The largest absolute Gasteiger partial charge is 0.334 e. The third kappa shape index (κ3) is 7.64. The first-order valence-electron chi connectivity index (χ1n) is 16.4. The lowest BCUT2D eigenvalue weighted by Crippen LogP contribution is -2.25. The van der Waals surface area contributed by atoms with Gasteiger partial charge in [0.05, 0.1) is 24.7 Å². The molecule has 0 atom stereocenters. The fraction of sp³-hybridized carbons (Fsp3) is 0.0976. The van der Waals surface area contributed by atoms with E-state index in [1.54, 1.807) is 0 Å². The van der Waals surface area contributed by atoms with Crippen LogP contribution in [0.1, 0.15) is 13.8 Å². The zero-order valence-corrected chi connectivity index (χ0v) is 33.5. The van der Waals surface area contributed by atoms with Gasteiger partial charge in [-0.15, -0.1) is 0 Å². The summed E-state index contributed by atoms with van der Waals surface area (Å²) in [4.78, 5) is 0. The lowest BCUT2D eigenvalue weighted by Gasteiger charge is -2.36. The van der Waals surface area contributed by atoms with Gasteiger partial charge in [0.1, 0.15) is 0 Å². The number of benzene rings is 6. The minimum Gasteiger partial charge on any atom is -0.334 e. The van der Waals surface area contributed by atoms with E-state index in [9.17, 15) is 0 Å². The van der Waals surface area contributed by atoms with Crippen LogP contribution in [0.3, 0.4) is 0 Å². The van der Waals surface area contributed by atoms with Gasteiger partial charge >= 0.3 is 0 Å². The number of hydrogen-bond donors (Lipinski definition) is 0. The third-order valence-corrected chi connectivity index (χ3v) is 33.7. The summed E-state index contributed by atoms with van der Waals surface area (Å²) in [7, 11) is -2.46. The molecule has 0 saturated heterocycles. The molecular formula is C41H42O3P4S2. The van der Waals surface area contributed by atoms with E-state index in [1.165, 1.54) is 0 Å². The first-order valence-corrected chi connectivity index (χ1v) is 27.0. The summed E-state index contributed by atoms with van der Waals surface area (Å²) in [5.41, 5.74) is -4.99. The maximum Gasteiger partial charge on any atom is 0.180 e. The van der Waals surface area contributed by atoms with Crippen LogP contribution in [0, 0.1) is 0 Å². The Kier molecular flexibility index (Phi) is 13.4. The molecule has 6 aromatic carbocycles. The lowest BCUT2D eigenvalue weighted by atomic mass is 10.4. The monoisotopic (exact) mass is 770 g/mol. The maximum atomic E-state index is 15.2. The van der Waals surface area contributed by atoms with Crippen LogP contribution in [0.4, 0.5) is 0 Å². The summed E-state index contributed by atoms with van der Waals surface area (Å²) < 4.78 is 27.3. The normalized spacial score (nSPS) is 12.0. The van der Waals surface area contributed by atoms with Crippen LogP contribution in [0.2, 0.25) is 0 Å². The highest BCUT2D eigenvalue weighted by Gasteiger charge is 2.44. The highest BCUT2D eigenvalue weighted by molar-refractivity contribution is 8.63. The van der Waals surface area contributed by atoms with E-state index in [4.69, 9.17) is 32.7 Å². The minimum absolute atomic E-state index is 0.551. The Balaban J connectivity index is 0.000000201. The molecule has 6 rings (SSSR count). The summed E-state index contributed by atoms with van der Waals surface area (Å²) in [5, 5.41) is 5.79. The van der Waals surface area contributed by atoms with Crippen LogP contribution in [0.25, 0.3) is 0 Å². The fourth-order valence-electron chi connectivity index (χ4n) is 5.83. The van der Waals surface area contributed by atoms with Gasteiger partial charge in [-0.1, -0.05) is 206 Å². The molecule has 9 heteroatoms. The Morgan fingerprint density at radius 1 is 0.420 bits per heavy atom. The van der Waals surface area contributed by atoms with E-state index in [0.717, 1.165) is 31.8 Å². The molecule has 0 radical (unpaired) electrons. The molecule has 0 spiro atoms. The quantitative estimate of drug-likeness (QED) is 0.116. The third-order valence-electron chi connectivity index (χ3n) is 8.12. The van der Waals surface area contributed by atoms with Crippen molar-refractivity contribution in [1.29, 1.82) is 0 Å². The first kappa shape index (κ1) is 38.3. The van der Waals surface area contributed by atoms with E-state index in [1.807, 2.05) is 172 Å². The number of rotatable bonds is 12. The molecule has 0 aliphatic heterocycles. The van der Waals surface area contributed by atoms with E-state index >= 15 is 4.57 Å². The molecule has 0 unspecified atom stereocenters. The van der Waals surface area contributed by atoms with Crippen LogP contribution >= 0.6 is 25.3 Å². The molecule has 0 N–H and O–H groups in total. The van der Waals surface area contributed by atoms with Gasteiger partial charge in [0, 0.05) is 10.6 Å². The SMILES string of the molecule is C=P(OCC)(OCC)P(=S)(c1ccccc1)c1ccccc1.O=P(c1ccccc1)(c1ccccc1)P(=S)(c1ccccc1)c1ccccc1. The van der Waals surface area contributed by atoms with Crippen molar-refractivity contribution in [2.45, 2.75) is 13.8 Å². The molecule has 50 heavy (non-hydrogen) atoms. The van der Waals surface area contributed by atoms with Crippen molar-refractivity contribution in [1.82, 2.24) is 0 Å². The molecule has 0 fully saturated rings. The van der Waals surface area contributed by atoms with Crippen LogP contribution in [0.5, 0.6) is 0 Å². The highest BCUT2D eigenvalue weighted by atomic mass is 32.6. The van der Waals surface area contributed by atoms with Crippen LogP contribution < -0.4 is 31.8 Å². The molecule has 3 nitrogen and oxygen atoms in total. The Bertz CT molecular complexity index is 1900. The van der Waals surface area contributed by atoms with E-state index in [2.05, 4.69) is 30.6 Å². The van der Waals surface area contributed by atoms with Gasteiger partial charge in [0.15, 0.2) is 13.9 Å². The molecule has 0 aliphatic rings. The molecule has 0 amide bonds. The van der Waals surface area contributed by atoms with Crippen LogP contribution in [0.15, 0.2) is 182 Å². The molecular weight excluding hydrogens is 728 g/mol. The average Bonchev–Trinajstić information content (AvgIpc) is 3.19.